The first-order valence-corrected chi connectivity index (χ1v) is 12.2. The normalized spacial score (nSPS) is 34.4. The van der Waals surface area contributed by atoms with Gasteiger partial charge in [0.15, 0.2) is 0 Å². The Morgan fingerprint density at radius 2 is 1.70 bits per heavy atom. The average Bonchev–Trinajstić information content (AvgIpc) is 2.53. The van der Waals surface area contributed by atoms with Crippen LogP contribution in [0.15, 0.2) is 24.3 Å². The maximum absolute atomic E-state index is 12.7. The molecule has 0 saturated heterocycles. The molecule has 5 rings (SSSR count). The molecule has 4 saturated carbocycles. The Bertz CT molecular complexity index is 823. The van der Waals surface area contributed by atoms with Gasteiger partial charge in [-0.1, -0.05) is 15.9 Å². The second kappa shape index (κ2) is 6.76. The molecule has 4 aliphatic rings. The number of amides is 1. The fourth-order valence-corrected chi connectivity index (χ4v) is 8.11. The fourth-order valence-electron chi connectivity index (χ4n) is 5.96. The third-order valence-corrected chi connectivity index (χ3v) is 8.70. The van der Waals surface area contributed by atoms with Crippen molar-refractivity contribution in [3.63, 3.8) is 0 Å². The van der Waals surface area contributed by atoms with E-state index >= 15 is 0 Å². The second-order valence-corrected chi connectivity index (χ2v) is 12.6. The zero-order chi connectivity index (χ0) is 19.3. The van der Waals surface area contributed by atoms with Gasteiger partial charge in [-0.15, -0.1) is 0 Å². The summed E-state index contributed by atoms with van der Waals surface area (Å²) in [7, 11) is -3.29. The van der Waals surface area contributed by atoms with Crippen LogP contribution >= 0.6 is 15.9 Å². The Morgan fingerprint density at radius 1 is 1.11 bits per heavy atom. The molecule has 2 N–H and O–H groups in total. The van der Waals surface area contributed by atoms with Gasteiger partial charge in [0, 0.05) is 22.1 Å². The first kappa shape index (κ1) is 19.2. The van der Waals surface area contributed by atoms with Crippen LogP contribution in [0, 0.1) is 17.3 Å². The third-order valence-electron chi connectivity index (χ3n) is 6.47. The van der Waals surface area contributed by atoms with E-state index in [2.05, 4.69) is 26.0 Å². The van der Waals surface area contributed by atoms with E-state index in [1.54, 1.807) is 31.2 Å². The second-order valence-electron chi connectivity index (χ2n) is 8.92. The van der Waals surface area contributed by atoms with Crippen molar-refractivity contribution in [3.05, 3.63) is 24.3 Å². The number of hydrogen-bond donors (Lipinski definition) is 2. The first-order chi connectivity index (χ1) is 12.7. The molecule has 27 heavy (non-hydrogen) atoms. The molecule has 4 bridgehead atoms. The molecular weight excluding hydrogens is 428 g/mol. The van der Waals surface area contributed by atoms with Crippen LogP contribution in [0.25, 0.3) is 0 Å². The van der Waals surface area contributed by atoms with Crippen molar-refractivity contribution in [2.24, 2.45) is 17.3 Å². The lowest BCUT2D eigenvalue weighted by Gasteiger charge is -2.60. The summed E-state index contributed by atoms with van der Waals surface area (Å²) in [5.74, 6) is 1.63. The van der Waals surface area contributed by atoms with Crippen LogP contribution in [-0.4, -0.2) is 24.4 Å². The summed E-state index contributed by atoms with van der Waals surface area (Å²) in [6.07, 6.45) is 7.93. The Morgan fingerprint density at radius 3 is 2.26 bits per heavy atom. The quantitative estimate of drug-likeness (QED) is 0.620. The molecule has 0 aromatic heterocycles. The highest BCUT2D eigenvalue weighted by molar-refractivity contribution is 9.10. The molecule has 148 valence electrons. The van der Waals surface area contributed by atoms with Crippen LogP contribution in [0.1, 0.15) is 51.9 Å². The predicted octanol–water partition coefficient (Wildman–Crippen LogP) is 4.51. The number of sulfonamides is 1. The SMILES string of the molecule is CCS(=O)(=O)Nc1ccc(NC(=O)CC23CC4CC(CC(Br)(C4)C2)C3)cc1. The Hall–Kier alpha value is -1.08. The van der Waals surface area contributed by atoms with Crippen molar-refractivity contribution in [2.75, 3.05) is 15.8 Å². The zero-order valence-electron chi connectivity index (χ0n) is 15.6. The molecule has 0 radical (unpaired) electrons. The van der Waals surface area contributed by atoms with Crippen molar-refractivity contribution in [1.29, 1.82) is 0 Å². The minimum absolute atomic E-state index is 0.0324. The summed E-state index contributed by atoms with van der Waals surface area (Å²) in [6.45, 7) is 1.60. The largest absolute Gasteiger partial charge is 0.326 e. The van der Waals surface area contributed by atoms with Crippen molar-refractivity contribution < 1.29 is 13.2 Å². The molecule has 5 nitrogen and oxygen atoms in total. The summed E-state index contributed by atoms with van der Waals surface area (Å²) in [5, 5.41) is 3.00. The van der Waals surface area contributed by atoms with Crippen molar-refractivity contribution in [3.8, 4) is 0 Å². The Labute approximate surface area is 169 Å². The van der Waals surface area contributed by atoms with Gasteiger partial charge >= 0.3 is 0 Å². The van der Waals surface area contributed by atoms with Gasteiger partial charge in [-0.25, -0.2) is 8.42 Å². The predicted molar refractivity (Wildman–Crippen MR) is 112 cm³/mol. The molecule has 2 atom stereocenters. The highest BCUT2D eigenvalue weighted by Crippen LogP contribution is 2.65. The third kappa shape index (κ3) is 4.19. The number of anilines is 2. The number of alkyl halides is 1. The molecule has 0 aliphatic heterocycles. The van der Waals surface area contributed by atoms with E-state index in [9.17, 15) is 13.2 Å². The van der Waals surface area contributed by atoms with Gasteiger partial charge in [0.05, 0.1) is 5.75 Å². The summed E-state index contributed by atoms with van der Waals surface area (Å²) in [5.41, 5.74) is 1.36. The van der Waals surface area contributed by atoms with E-state index in [4.69, 9.17) is 0 Å². The molecule has 2 unspecified atom stereocenters. The monoisotopic (exact) mass is 454 g/mol. The van der Waals surface area contributed by atoms with Crippen molar-refractivity contribution >= 4 is 43.2 Å². The molecule has 4 fully saturated rings. The standard InChI is InChI=1S/C20H27BrN2O3S/c1-2-27(25,26)23-17-5-3-16(4-6-17)22-18(24)12-19-8-14-7-15(9-19)11-20(21,10-14)13-19/h3-6,14-15,23H,2,7-13H2,1H3,(H,22,24). The number of hydrogen-bond acceptors (Lipinski definition) is 3. The average molecular weight is 455 g/mol. The Balaban J connectivity index is 1.39. The van der Waals surface area contributed by atoms with Gasteiger partial charge in [-0.2, -0.15) is 0 Å². The maximum atomic E-state index is 12.7. The minimum atomic E-state index is -3.29. The molecule has 1 amide bonds. The molecule has 1 aromatic carbocycles. The summed E-state index contributed by atoms with van der Waals surface area (Å²) < 4.78 is 26.0. The lowest BCUT2D eigenvalue weighted by molar-refractivity contribution is -0.123. The van der Waals surface area contributed by atoms with Gasteiger partial charge in [0.25, 0.3) is 0 Å². The molecule has 0 heterocycles. The van der Waals surface area contributed by atoms with Crippen LogP contribution in [-0.2, 0) is 14.8 Å². The number of carbonyl (C=O) groups is 1. The van der Waals surface area contributed by atoms with Crippen molar-refractivity contribution in [2.45, 2.75) is 56.2 Å². The van der Waals surface area contributed by atoms with Gasteiger partial charge < -0.3 is 5.32 Å². The molecule has 1 aromatic rings. The van der Waals surface area contributed by atoms with Crippen LogP contribution in [0.2, 0.25) is 0 Å². The number of nitrogens with one attached hydrogen (secondary N) is 2. The lowest BCUT2D eigenvalue weighted by Crippen LogP contribution is -2.53. The van der Waals surface area contributed by atoms with E-state index in [0.717, 1.165) is 18.3 Å². The summed E-state index contributed by atoms with van der Waals surface area (Å²) >= 11 is 4.00. The maximum Gasteiger partial charge on any atom is 0.232 e. The van der Waals surface area contributed by atoms with E-state index in [1.165, 1.54) is 32.1 Å². The number of benzene rings is 1. The van der Waals surface area contributed by atoms with Gasteiger partial charge in [-0.05, 0) is 87.0 Å². The van der Waals surface area contributed by atoms with Crippen LogP contribution < -0.4 is 10.0 Å². The van der Waals surface area contributed by atoms with E-state index in [-0.39, 0.29) is 21.4 Å². The van der Waals surface area contributed by atoms with E-state index < -0.39 is 10.0 Å². The number of rotatable bonds is 6. The molecular formula is C20H27BrN2O3S. The minimum Gasteiger partial charge on any atom is -0.326 e. The molecule has 7 heteroatoms. The van der Waals surface area contributed by atoms with E-state index in [1.807, 2.05) is 0 Å². The topological polar surface area (TPSA) is 75.3 Å². The molecule has 4 aliphatic carbocycles. The summed E-state index contributed by atoms with van der Waals surface area (Å²) in [4.78, 5) is 12.7. The molecule has 0 spiro atoms. The fraction of sp³-hybridized carbons (Fsp3) is 0.650. The smallest absolute Gasteiger partial charge is 0.232 e. The Kier molecular flexibility index (Phi) is 4.82. The first-order valence-electron chi connectivity index (χ1n) is 9.78. The number of halogens is 1. The van der Waals surface area contributed by atoms with Crippen LogP contribution in [0.3, 0.4) is 0 Å². The summed E-state index contributed by atoms with van der Waals surface area (Å²) in [6, 6.07) is 6.86. The van der Waals surface area contributed by atoms with Crippen molar-refractivity contribution in [1.82, 2.24) is 0 Å². The van der Waals surface area contributed by atoms with Gasteiger partial charge in [0.2, 0.25) is 15.9 Å². The van der Waals surface area contributed by atoms with Gasteiger partial charge in [0.1, 0.15) is 0 Å². The highest BCUT2D eigenvalue weighted by Gasteiger charge is 2.57. The lowest BCUT2D eigenvalue weighted by atomic mass is 9.48. The number of carbonyl (C=O) groups excluding carboxylic acids is 1. The zero-order valence-corrected chi connectivity index (χ0v) is 18.0. The highest BCUT2D eigenvalue weighted by atomic mass is 79.9. The van der Waals surface area contributed by atoms with Gasteiger partial charge in [-0.3, -0.25) is 9.52 Å². The van der Waals surface area contributed by atoms with Crippen LogP contribution in [0.5, 0.6) is 0 Å². The van der Waals surface area contributed by atoms with E-state index in [0.29, 0.717) is 17.8 Å². The van der Waals surface area contributed by atoms with Crippen LogP contribution in [0.4, 0.5) is 11.4 Å².